The molecule has 2 aromatic carbocycles. The number of rotatable bonds is 3. The third-order valence-corrected chi connectivity index (χ3v) is 4.00. The minimum atomic E-state index is 0.104. The second kappa shape index (κ2) is 5.33. The Morgan fingerprint density at radius 2 is 1.82 bits per heavy atom. The summed E-state index contributed by atoms with van der Waals surface area (Å²) in [5.41, 5.74) is 3.20. The zero-order valence-corrected chi connectivity index (χ0v) is 13.0. The molecule has 22 heavy (non-hydrogen) atoms. The number of benzene rings is 2. The molecular formula is C17H18O5. The second-order valence-electron chi connectivity index (χ2n) is 5.10. The van der Waals surface area contributed by atoms with E-state index in [0.29, 0.717) is 28.4 Å². The largest absolute Gasteiger partial charge is 0.507 e. The van der Waals surface area contributed by atoms with E-state index in [1.807, 2.05) is 19.9 Å². The van der Waals surface area contributed by atoms with E-state index in [-0.39, 0.29) is 12.5 Å². The van der Waals surface area contributed by atoms with Crippen molar-refractivity contribution in [1.29, 1.82) is 0 Å². The van der Waals surface area contributed by atoms with Gasteiger partial charge in [0.25, 0.3) is 0 Å². The number of hydrogen-bond acceptors (Lipinski definition) is 5. The van der Waals surface area contributed by atoms with Gasteiger partial charge in [-0.1, -0.05) is 0 Å². The van der Waals surface area contributed by atoms with E-state index in [0.717, 1.165) is 16.9 Å². The summed E-state index contributed by atoms with van der Waals surface area (Å²) < 4.78 is 21.9. The van der Waals surface area contributed by atoms with Crippen LogP contribution in [0.1, 0.15) is 11.1 Å². The van der Waals surface area contributed by atoms with Crippen LogP contribution in [0.25, 0.3) is 11.1 Å². The first-order valence-electron chi connectivity index (χ1n) is 6.92. The lowest BCUT2D eigenvalue weighted by molar-refractivity contribution is 0.174. The fourth-order valence-electron chi connectivity index (χ4n) is 2.75. The van der Waals surface area contributed by atoms with Gasteiger partial charge in [0.05, 0.1) is 19.8 Å². The summed E-state index contributed by atoms with van der Waals surface area (Å²) in [6.07, 6.45) is 0. The highest BCUT2D eigenvalue weighted by atomic mass is 16.7. The van der Waals surface area contributed by atoms with Gasteiger partial charge in [-0.15, -0.1) is 0 Å². The van der Waals surface area contributed by atoms with Crippen LogP contribution in [0, 0.1) is 13.8 Å². The molecule has 0 unspecified atom stereocenters. The summed E-state index contributed by atoms with van der Waals surface area (Å²) >= 11 is 0. The van der Waals surface area contributed by atoms with Crippen LogP contribution in [0.3, 0.4) is 0 Å². The van der Waals surface area contributed by atoms with Crippen molar-refractivity contribution in [2.75, 3.05) is 21.0 Å². The van der Waals surface area contributed by atoms with Gasteiger partial charge in [-0.2, -0.15) is 0 Å². The van der Waals surface area contributed by atoms with Gasteiger partial charge in [0.2, 0.25) is 6.79 Å². The number of aromatic hydroxyl groups is 1. The monoisotopic (exact) mass is 302 g/mol. The summed E-state index contributed by atoms with van der Waals surface area (Å²) in [7, 11) is 3.22. The molecule has 0 aliphatic carbocycles. The van der Waals surface area contributed by atoms with Crippen molar-refractivity contribution in [1.82, 2.24) is 0 Å². The van der Waals surface area contributed by atoms with Gasteiger partial charge in [0.15, 0.2) is 11.5 Å². The number of hydrogen-bond donors (Lipinski definition) is 1. The van der Waals surface area contributed by atoms with E-state index in [1.165, 1.54) is 0 Å². The Labute approximate surface area is 129 Å². The predicted molar refractivity (Wildman–Crippen MR) is 82.2 cm³/mol. The lowest BCUT2D eigenvalue weighted by atomic mass is 9.96. The molecule has 0 amide bonds. The molecule has 0 fully saturated rings. The first kappa shape index (κ1) is 14.4. The van der Waals surface area contributed by atoms with Crippen LogP contribution in [0.4, 0.5) is 0 Å². The molecule has 1 aliphatic heterocycles. The zero-order chi connectivity index (χ0) is 15.9. The van der Waals surface area contributed by atoms with Crippen LogP contribution >= 0.6 is 0 Å². The fraction of sp³-hybridized carbons (Fsp3) is 0.294. The van der Waals surface area contributed by atoms with E-state index >= 15 is 0 Å². The first-order valence-corrected chi connectivity index (χ1v) is 6.92. The van der Waals surface area contributed by atoms with Crippen LogP contribution in [-0.2, 0) is 0 Å². The fourth-order valence-corrected chi connectivity index (χ4v) is 2.75. The molecule has 0 radical (unpaired) electrons. The van der Waals surface area contributed by atoms with Crippen molar-refractivity contribution < 1.29 is 24.1 Å². The van der Waals surface area contributed by atoms with Gasteiger partial charge in [-0.3, -0.25) is 0 Å². The van der Waals surface area contributed by atoms with Crippen molar-refractivity contribution in [2.24, 2.45) is 0 Å². The van der Waals surface area contributed by atoms with Gasteiger partial charge >= 0.3 is 0 Å². The third kappa shape index (κ3) is 2.01. The molecule has 0 saturated heterocycles. The lowest BCUT2D eigenvalue weighted by Crippen LogP contribution is -1.99. The van der Waals surface area contributed by atoms with E-state index in [9.17, 15) is 5.11 Å². The van der Waals surface area contributed by atoms with Gasteiger partial charge in [-0.25, -0.2) is 0 Å². The van der Waals surface area contributed by atoms with Gasteiger partial charge < -0.3 is 24.1 Å². The predicted octanol–water partition coefficient (Wildman–Crippen LogP) is 3.42. The molecule has 5 heteroatoms. The van der Waals surface area contributed by atoms with Gasteiger partial charge in [0.1, 0.15) is 17.2 Å². The molecule has 3 rings (SSSR count). The molecule has 0 bridgehead atoms. The molecule has 5 nitrogen and oxygen atoms in total. The normalized spacial score (nSPS) is 12.4. The van der Waals surface area contributed by atoms with E-state index < -0.39 is 0 Å². The molecular weight excluding hydrogens is 284 g/mol. The number of fused-ring (bicyclic) bond motifs is 1. The highest BCUT2D eigenvalue weighted by Crippen LogP contribution is 2.51. The average molecular weight is 302 g/mol. The Morgan fingerprint density at radius 1 is 1.05 bits per heavy atom. The molecule has 0 atom stereocenters. The Balaban J connectivity index is 2.34. The van der Waals surface area contributed by atoms with Crippen molar-refractivity contribution in [3.05, 3.63) is 29.3 Å². The Bertz CT molecular complexity index is 737. The quantitative estimate of drug-likeness (QED) is 0.941. The Morgan fingerprint density at radius 3 is 2.50 bits per heavy atom. The maximum absolute atomic E-state index is 10.3. The van der Waals surface area contributed by atoms with Crippen molar-refractivity contribution >= 4 is 0 Å². The minimum Gasteiger partial charge on any atom is -0.507 e. The van der Waals surface area contributed by atoms with E-state index in [4.69, 9.17) is 18.9 Å². The number of methoxy groups -OCH3 is 2. The topological polar surface area (TPSA) is 57.2 Å². The van der Waals surface area contributed by atoms with Crippen LogP contribution in [-0.4, -0.2) is 26.1 Å². The van der Waals surface area contributed by atoms with Crippen LogP contribution < -0.4 is 18.9 Å². The van der Waals surface area contributed by atoms with Crippen molar-refractivity contribution in [3.63, 3.8) is 0 Å². The summed E-state index contributed by atoms with van der Waals surface area (Å²) in [5, 5.41) is 10.3. The Kier molecular flexibility index (Phi) is 3.48. The van der Waals surface area contributed by atoms with E-state index in [2.05, 4.69) is 0 Å². The average Bonchev–Trinajstić information content (AvgIpc) is 2.98. The number of phenols is 1. The molecule has 1 heterocycles. The molecule has 0 spiro atoms. The molecule has 0 saturated carbocycles. The summed E-state index contributed by atoms with van der Waals surface area (Å²) in [4.78, 5) is 0. The van der Waals surface area contributed by atoms with Crippen LogP contribution in [0.2, 0.25) is 0 Å². The van der Waals surface area contributed by atoms with Crippen molar-refractivity contribution in [3.8, 4) is 39.9 Å². The number of phenolic OH excluding ortho intramolecular Hbond substituents is 1. The number of ether oxygens (including phenoxy) is 4. The third-order valence-electron chi connectivity index (χ3n) is 4.00. The van der Waals surface area contributed by atoms with Gasteiger partial charge in [0, 0.05) is 5.56 Å². The smallest absolute Gasteiger partial charge is 0.231 e. The molecule has 116 valence electrons. The lowest BCUT2D eigenvalue weighted by Gasteiger charge is -2.18. The van der Waals surface area contributed by atoms with E-state index in [1.54, 1.807) is 26.4 Å². The Hall–Kier alpha value is -2.56. The van der Waals surface area contributed by atoms with Gasteiger partial charge in [-0.05, 0) is 43.2 Å². The summed E-state index contributed by atoms with van der Waals surface area (Å²) in [6, 6.07) is 5.12. The summed E-state index contributed by atoms with van der Waals surface area (Å²) in [5.74, 6) is 2.63. The molecule has 2 aromatic rings. The molecule has 0 aromatic heterocycles. The highest BCUT2D eigenvalue weighted by Gasteiger charge is 2.26. The molecule has 1 aliphatic rings. The molecule has 1 N–H and O–H groups in total. The maximum Gasteiger partial charge on any atom is 0.231 e. The second-order valence-corrected chi connectivity index (χ2v) is 5.10. The van der Waals surface area contributed by atoms with Crippen LogP contribution in [0.15, 0.2) is 18.2 Å². The zero-order valence-electron chi connectivity index (χ0n) is 13.0. The van der Waals surface area contributed by atoms with Crippen LogP contribution in [0.5, 0.6) is 28.7 Å². The maximum atomic E-state index is 10.3. The summed E-state index contributed by atoms with van der Waals surface area (Å²) in [6.45, 7) is 4.06. The minimum absolute atomic E-state index is 0.104. The standard InChI is InChI=1S/C17H18O5/c1-9-10(2)16(20-4)11(7-14(9)19-3)15-12(18)5-6-13-17(15)22-8-21-13/h5-7,18H,8H2,1-4H3. The van der Waals surface area contributed by atoms with Crippen molar-refractivity contribution in [2.45, 2.75) is 13.8 Å². The SMILES string of the molecule is COc1cc(-c2c(O)ccc3c2OCO3)c(OC)c(C)c1C. The first-order chi connectivity index (χ1) is 10.6. The highest BCUT2D eigenvalue weighted by molar-refractivity contribution is 5.85.